The van der Waals surface area contributed by atoms with Crippen LogP contribution in [0.2, 0.25) is 20.4 Å². The molecule has 1 fully saturated rings. The van der Waals surface area contributed by atoms with Crippen molar-refractivity contribution in [3.63, 3.8) is 0 Å². The maximum Gasteiger partial charge on any atom is 0.255 e. The van der Waals surface area contributed by atoms with Gasteiger partial charge in [-0.3, -0.25) is 9.59 Å². The molecule has 0 aromatic carbocycles. The van der Waals surface area contributed by atoms with Crippen molar-refractivity contribution >= 4 is 69.2 Å². The number of carbonyl (C=O) groups excluding carboxylic acids is 2. The minimum atomic E-state index is -0.601. The quantitative estimate of drug-likeness (QED) is 0.334. The lowest BCUT2D eigenvalue weighted by atomic mass is 9.93. The summed E-state index contributed by atoms with van der Waals surface area (Å²) < 4.78 is 0. The minimum Gasteiger partial charge on any atom is -0.338 e. The molecule has 0 saturated carbocycles. The first-order chi connectivity index (χ1) is 14.2. The Labute approximate surface area is 200 Å². The molecule has 1 unspecified atom stereocenters. The third-order valence-corrected chi connectivity index (χ3v) is 6.16. The summed E-state index contributed by atoms with van der Waals surface area (Å²) in [6, 6.07) is 2.97. The molecule has 1 aliphatic rings. The van der Waals surface area contributed by atoms with Crippen LogP contribution in [-0.4, -0.2) is 39.1 Å². The van der Waals surface area contributed by atoms with E-state index >= 15 is 0 Å². The molecular formula is C20H20Cl5N3O2. The Bertz CT molecular complexity index is 908. The third-order valence-electron chi connectivity index (χ3n) is 4.57. The number of piperidine rings is 1. The second-order valence-corrected chi connectivity index (χ2v) is 8.69. The van der Waals surface area contributed by atoms with E-state index in [1.54, 1.807) is 6.07 Å². The first-order valence-corrected chi connectivity index (χ1v) is 11.2. The summed E-state index contributed by atoms with van der Waals surface area (Å²) in [5.41, 5.74) is 0.757. The highest BCUT2D eigenvalue weighted by atomic mass is 35.5. The van der Waals surface area contributed by atoms with Gasteiger partial charge < -0.3 is 4.90 Å². The summed E-state index contributed by atoms with van der Waals surface area (Å²) in [5, 5.41) is 0.345. The number of nitrogens with zero attached hydrogens (tertiary/aromatic N) is 3. The molecule has 3 rings (SSSR count). The lowest BCUT2D eigenvalue weighted by molar-refractivity contribution is 0.0667. The molecule has 1 saturated heterocycles. The Balaban J connectivity index is 0.000000248. The number of carbonyl (C=O) groups is 2. The van der Waals surface area contributed by atoms with E-state index in [1.165, 1.54) is 37.7 Å². The molecule has 5 nitrogen and oxygen atoms in total. The van der Waals surface area contributed by atoms with Crippen molar-refractivity contribution in [3.05, 3.63) is 56.0 Å². The number of halogens is 5. The lowest BCUT2D eigenvalue weighted by Gasteiger charge is -2.32. The second-order valence-electron chi connectivity index (χ2n) is 6.82. The van der Waals surface area contributed by atoms with E-state index < -0.39 is 5.24 Å². The Hall–Kier alpha value is -1.11. The SMILES string of the molecule is CCCC1CCCN(C(=O)c2cnc(Cl)c(Cl)c2)C1.O=C(Cl)c1cnc(Cl)c(Cl)c1. The molecule has 162 valence electrons. The summed E-state index contributed by atoms with van der Waals surface area (Å²) in [4.78, 5) is 32.4. The maximum absolute atomic E-state index is 12.4. The van der Waals surface area contributed by atoms with Crippen LogP contribution in [0.3, 0.4) is 0 Å². The Morgan fingerprint density at radius 2 is 1.60 bits per heavy atom. The minimum absolute atomic E-state index is 0.00636. The summed E-state index contributed by atoms with van der Waals surface area (Å²) >= 11 is 27.9. The van der Waals surface area contributed by atoms with Crippen molar-refractivity contribution in [2.45, 2.75) is 32.6 Å². The zero-order valence-corrected chi connectivity index (χ0v) is 20.0. The molecule has 0 bridgehead atoms. The molecule has 10 heteroatoms. The highest BCUT2D eigenvalue weighted by Gasteiger charge is 2.24. The van der Waals surface area contributed by atoms with Crippen molar-refractivity contribution in [1.82, 2.24) is 14.9 Å². The number of rotatable bonds is 4. The molecular weight excluding hydrogens is 492 g/mol. The zero-order valence-electron chi connectivity index (χ0n) is 16.2. The van der Waals surface area contributed by atoms with Crippen LogP contribution in [-0.2, 0) is 0 Å². The first-order valence-electron chi connectivity index (χ1n) is 9.34. The summed E-state index contributed by atoms with van der Waals surface area (Å²) in [6.07, 6.45) is 7.41. The molecule has 1 amide bonds. The van der Waals surface area contributed by atoms with Gasteiger partial charge >= 0.3 is 0 Å². The molecule has 0 N–H and O–H groups in total. The van der Waals surface area contributed by atoms with E-state index in [-0.39, 0.29) is 26.8 Å². The molecule has 3 heterocycles. The van der Waals surface area contributed by atoms with Crippen LogP contribution < -0.4 is 0 Å². The van der Waals surface area contributed by atoms with E-state index in [2.05, 4.69) is 16.9 Å². The van der Waals surface area contributed by atoms with Crippen LogP contribution in [0, 0.1) is 5.92 Å². The van der Waals surface area contributed by atoms with Gasteiger partial charge in [-0.1, -0.05) is 59.7 Å². The van der Waals surface area contributed by atoms with Gasteiger partial charge in [-0.2, -0.15) is 0 Å². The average Bonchev–Trinajstić information content (AvgIpc) is 2.72. The van der Waals surface area contributed by atoms with Gasteiger partial charge in [0.05, 0.1) is 21.2 Å². The van der Waals surface area contributed by atoms with Gasteiger partial charge in [-0.05, 0) is 48.9 Å². The van der Waals surface area contributed by atoms with Gasteiger partial charge in [0.15, 0.2) is 0 Å². The summed E-state index contributed by atoms with van der Waals surface area (Å²) in [5.74, 6) is 0.630. The van der Waals surface area contributed by atoms with Crippen molar-refractivity contribution in [2.24, 2.45) is 5.92 Å². The molecule has 0 spiro atoms. The standard InChI is InChI=1S/C14H18Cl2N2O.C6H2Cl3NO/c1-2-4-10-5-3-6-18(9-10)14(19)11-7-12(15)13(16)17-8-11;7-4-1-3(6(9)11)2-10-5(4)8/h7-8,10H,2-6,9H2,1H3;1-2H. The second kappa shape index (κ2) is 12.1. The zero-order chi connectivity index (χ0) is 22.3. The number of hydrogen-bond acceptors (Lipinski definition) is 4. The van der Waals surface area contributed by atoms with Gasteiger partial charge in [-0.25, -0.2) is 9.97 Å². The fourth-order valence-corrected chi connectivity index (χ4v) is 3.79. The monoisotopic (exact) mass is 509 g/mol. The number of likely N-dealkylation sites (tertiary alicyclic amines) is 1. The van der Waals surface area contributed by atoms with E-state index in [0.717, 1.165) is 19.5 Å². The normalized spacial score (nSPS) is 15.9. The van der Waals surface area contributed by atoms with Crippen LogP contribution in [0.25, 0.3) is 0 Å². The van der Waals surface area contributed by atoms with Crippen LogP contribution >= 0.6 is 58.0 Å². The highest BCUT2D eigenvalue weighted by Crippen LogP contribution is 2.24. The number of pyridine rings is 2. The largest absolute Gasteiger partial charge is 0.338 e. The van der Waals surface area contributed by atoms with Gasteiger partial charge in [-0.15, -0.1) is 0 Å². The average molecular weight is 512 g/mol. The van der Waals surface area contributed by atoms with E-state index in [1.807, 2.05) is 4.90 Å². The number of amides is 1. The fourth-order valence-electron chi connectivity index (χ4n) is 3.14. The highest BCUT2D eigenvalue weighted by molar-refractivity contribution is 6.67. The van der Waals surface area contributed by atoms with E-state index in [9.17, 15) is 9.59 Å². The van der Waals surface area contributed by atoms with E-state index in [0.29, 0.717) is 16.5 Å². The smallest absolute Gasteiger partial charge is 0.255 e. The molecule has 1 atom stereocenters. The molecule has 2 aromatic rings. The Kier molecular flexibility index (Phi) is 10.1. The van der Waals surface area contributed by atoms with Crippen LogP contribution in [0.1, 0.15) is 53.3 Å². The van der Waals surface area contributed by atoms with Gasteiger partial charge in [0.25, 0.3) is 11.1 Å². The van der Waals surface area contributed by atoms with Crippen molar-refractivity contribution in [3.8, 4) is 0 Å². The molecule has 0 aliphatic carbocycles. The number of hydrogen-bond donors (Lipinski definition) is 0. The summed E-state index contributed by atoms with van der Waals surface area (Å²) in [7, 11) is 0. The topological polar surface area (TPSA) is 63.2 Å². The van der Waals surface area contributed by atoms with Crippen molar-refractivity contribution in [1.29, 1.82) is 0 Å². The predicted molar refractivity (Wildman–Crippen MR) is 122 cm³/mol. The van der Waals surface area contributed by atoms with Crippen molar-refractivity contribution < 1.29 is 9.59 Å². The van der Waals surface area contributed by atoms with Crippen LogP contribution in [0.15, 0.2) is 24.5 Å². The molecule has 2 aromatic heterocycles. The Morgan fingerprint density at radius 1 is 1.03 bits per heavy atom. The molecule has 30 heavy (non-hydrogen) atoms. The predicted octanol–water partition coefficient (Wildman–Crippen LogP) is 6.81. The van der Waals surface area contributed by atoms with Gasteiger partial charge in [0.1, 0.15) is 10.3 Å². The van der Waals surface area contributed by atoms with E-state index in [4.69, 9.17) is 58.0 Å². The lowest BCUT2D eigenvalue weighted by Crippen LogP contribution is -2.39. The third kappa shape index (κ3) is 7.24. The summed E-state index contributed by atoms with van der Waals surface area (Å²) in [6.45, 7) is 3.84. The van der Waals surface area contributed by atoms with Crippen molar-refractivity contribution in [2.75, 3.05) is 13.1 Å². The molecule has 1 aliphatic heterocycles. The van der Waals surface area contributed by atoms with Gasteiger partial charge in [0.2, 0.25) is 0 Å². The number of aromatic nitrogens is 2. The van der Waals surface area contributed by atoms with Crippen LogP contribution in [0.4, 0.5) is 0 Å². The maximum atomic E-state index is 12.4. The van der Waals surface area contributed by atoms with Crippen LogP contribution in [0.5, 0.6) is 0 Å². The Morgan fingerprint density at radius 3 is 2.13 bits per heavy atom. The molecule has 0 radical (unpaired) electrons. The van der Waals surface area contributed by atoms with Gasteiger partial charge in [0, 0.05) is 25.5 Å². The first kappa shape index (κ1) is 25.2. The fraction of sp³-hybridized carbons (Fsp3) is 0.400.